The van der Waals surface area contributed by atoms with Gasteiger partial charge in [-0.3, -0.25) is 9.97 Å². The highest BCUT2D eigenvalue weighted by molar-refractivity contribution is 5.86. The zero-order chi connectivity index (χ0) is 10.5. The lowest BCUT2D eigenvalue weighted by molar-refractivity contribution is 0.719. The lowest BCUT2D eigenvalue weighted by atomic mass is 10.0. The van der Waals surface area contributed by atoms with E-state index < -0.39 is 0 Å². The minimum absolute atomic E-state index is 0. The van der Waals surface area contributed by atoms with E-state index in [-0.39, 0.29) is 43.3 Å². The van der Waals surface area contributed by atoms with Crippen molar-refractivity contribution in [1.82, 2.24) is 9.97 Å². The van der Waals surface area contributed by atoms with Gasteiger partial charge in [-0.25, -0.2) is 0 Å². The van der Waals surface area contributed by atoms with Crippen molar-refractivity contribution in [2.24, 2.45) is 5.73 Å². The molecule has 100 valence electrons. The number of nitrogens with two attached hydrogens (primary N) is 1. The fourth-order valence-corrected chi connectivity index (χ4v) is 1.50. The summed E-state index contributed by atoms with van der Waals surface area (Å²) in [5.41, 5.74) is 8.39. The molecule has 2 aromatic heterocycles. The summed E-state index contributed by atoms with van der Waals surface area (Å²) in [6, 6.07) is 7.90. The molecule has 0 aromatic carbocycles. The molecular formula is C12H16Cl3N3. The Kier molecular flexibility index (Phi) is 10.9. The van der Waals surface area contributed by atoms with Crippen LogP contribution in [0.4, 0.5) is 0 Å². The maximum absolute atomic E-state index is 6.08. The number of hydrogen-bond donors (Lipinski definition) is 1. The summed E-state index contributed by atoms with van der Waals surface area (Å²) in [6.45, 7) is 0. The second kappa shape index (κ2) is 10.1. The van der Waals surface area contributed by atoms with Crippen LogP contribution < -0.4 is 5.73 Å². The van der Waals surface area contributed by atoms with Crippen molar-refractivity contribution in [3.63, 3.8) is 0 Å². The molecule has 0 saturated heterocycles. The van der Waals surface area contributed by atoms with Gasteiger partial charge in [-0.05, 0) is 41.8 Å². The molecule has 0 saturated carbocycles. The molecule has 0 bridgehead atoms. The molecule has 0 fully saturated rings. The maximum Gasteiger partial charge on any atom is 0.0336 e. The van der Waals surface area contributed by atoms with E-state index in [4.69, 9.17) is 5.73 Å². The quantitative estimate of drug-likeness (QED) is 0.948. The molecule has 3 nitrogen and oxygen atoms in total. The molecule has 0 aliphatic carbocycles. The first kappa shape index (κ1) is 19.5. The van der Waals surface area contributed by atoms with Gasteiger partial charge >= 0.3 is 0 Å². The van der Waals surface area contributed by atoms with Crippen LogP contribution in [0.2, 0.25) is 0 Å². The Bertz CT molecular complexity index is 411. The van der Waals surface area contributed by atoms with Gasteiger partial charge in [0.25, 0.3) is 0 Å². The van der Waals surface area contributed by atoms with Crippen LogP contribution in [0.15, 0.2) is 49.1 Å². The fraction of sp³-hybridized carbons (Fsp3) is 0.167. The minimum atomic E-state index is 0. The summed E-state index contributed by atoms with van der Waals surface area (Å²) in [7, 11) is 0. The molecule has 2 N–H and O–H groups in total. The molecule has 2 heterocycles. The first-order valence-electron chi connectivity index (χ1n) is 4.90. The number of pyridine rings is 2. The summed E-state index contributed by atoms with van der Waals surface area (Å²) in [4.78, 5) is 7.94. The molecule has 0 spiro atoms. The normalized spacial score (nSPS) is 10.3. The van der Waals surface area contributed by atoms with Crippen LogP contribution in [0, 0.1) is 0 Å². The summed E-state index contributed by atoms with van der Waals surface area (Å²) in [5, 5.41) is 0. The number of hydrogen-bond acceptors (Lipinski definition) is 3. The number of nitrogens with zero attached hydrogens (tertiary/aromatic N) is 2. The zero-order valence-corrected chi connectivity index (χ0v) is 12.0. The van der Waals surface area contributed by atoms with Gasteiger partial charge in [0, 0.05) is 30.8 Å². The molecule has 2 aromatic rings. The van der Waals surface area contributed by atoms with Crippen molar-refractivity contribution in [3.8, 4) is 0 Å². The van der Waals surface area contributed by atoms with Crippen LogP contribution in [-0.2, 0) is 6.42 Å². The number of rotatable bonds is 3. The molecule has 2 rings (SSSR count). The second-order valence-corrected chi connectivity index (χ2v) is 3.45. The van der Waals surface area contributed by atoms with Crippen LogP contribution in [0.5, 0.6) is 0 Å². The van der Waals surface area contributed by atoms with E-state index >= 15 is 0 Å². The van der Waals surface area contributed by atoms with Crippen molar-refractivity contribution in [3.05, 3.63) is 60.2 Å². The van der Waals surface area contributed by atoms with Gasteiger partial charge in [0.15, 0.2) is 0 Å². The lowest BCUT2D eigenvalue weighted by Gasteiger charge is -2.11. The van der Waals surface area contributed by atoms with E-state index in [0.29, 0.717) is 0 Å². The van der Waals surface area contributed by atoms with Gasteiger partial charge < -0.3 is 5.73 Å². The molecule has 0 aliphatic heterocycles. The number of halogens is 3. The molecule has 0 aliphatic rings. The monoisotopic (exact) mass is 307 g/mol. The molecule has 1 atom stereocenters. The largest absolute Gasteiger partial charge is 0.324 e. The van der Waals surface area contributed by atoms with E-state index in [1.165, 1.54) is 5.56 Å². The third kappa shape index (κ3) is 5.65. The van der Waals surface area contributed by atoms with E-state index in [9.17, 15) is 0 Å². The molecule has 18 heavy (non-hydrogen) atoms. The highest BCUT2D eigenvalue weighted by Crippen LogP contribution is 2.14. The highest BCUT2D eigenvalue weighted by Gasteiger charge is 2.05. The summed E-state index contributed by atoms with van der Waals surface area (Å²) in [6.07, 6.45) is 7.93. The standard InChI is InChI=1S/C12H13N3.3ClH/c13-12(11-3-7-15-8-4-11)9-10-1-5-14-6-2-10;;;/h1-8,12H,9,13H2;3*1H. The third-order valence-electron chi connectivity index (χ3n) is 2.34. The van der Waals surface area contributed by atoms with Crippen molar-refractivity contribution in [2.75, 3.05) is 0 Å². The maximum atomic E-state index is 6.08. The van der Waals surface area contributed by atoms with Crippen molar-refractivity contribution >= 4 is 37.2 Å². The Morgan fingerprint density at radius 1 is 0.833 bits per heavy atom. The smallest absolute Gasteiger partial charge is 0.0336 e. The van der Waals surface area contributed by atoms with Gasteiger partial charge in [0.1, 0.15) is 0 Å². The van der Waals surface area contributed by atoms with Crippen molar-refractivity contribution in [2.45, 2.75) is 12.5 Å². The summed E-state index contributed by atoms with van der Waals surface area (Å²) >= 11 is 0. The van der Waals surface area contributed by atoms with Crippen LogP contribution in [-0.4, -0.2) is 9.97 Å². The predicted octanol–water partition coefficient (Wildman–Crippen LogP) is 2.98. The number of aromatic nitrogens is 2. The van der Waals surface area contributed by atoms with Gasteiger partial charge in [0.05, 0.1) is 0 Å². The van der Waals surface area contributed by atoms with E-state index in [1.54, 1.807) is 24.8 Å². The Labute approximate surface area is 125 Å². The predicted molar refractivity (Wildman–Crippen MR) is 80.9 cm³/mol. The van der Waals surface area contributed by atoms with Crippen LogP contribution in [0.1, 0.15) is 17.2 Å². The van der Waals surface area contributed by atoms with E-state index in [0.717, 1.165) is 12.0 Å². The lowest BCUT2D eigenvalue weighted by Crippen LogP contribution is -2.13. The van der Waals surface area contributed by atoms with E-state index in [1.807, 2.05) is 24.3 Å². The topological polar surface area (TPSA) is 51.8 Å². The van der Waals surface area contributed by atoms with Gasteiger partial charge in [-0.15, -0.1) is 37.2 Å². The second-order valence-electron chi connectivity index (χ2n) is 3.45. The third-order valence-corrected chi connectivity index (χ3v) is 2.34. The Morgan fingerprint density at radius 2 is 1.28 bits per heavy atom. The van der Waals surface area contributed by atoms with Crippen molar-refractivity contribution in [1.29, 1.82) is 0 Å². The molecule has 0 amide bonds. The first-order chi connectivity index (χ1) is 7.36. The van der Waals surface area contributed by atoms with Gasteiger partial charge in [-0.2, -0.15) is 0 Å². The zero-order valence-electron chi connectivity index (χ0n) is 9.60. The SMILES string of the molecule is Cl.Cl.Cl.NC(Cc1ccncc1)c1ccncc1. The van der Waals surface area contributed by atoms with Crippen molar-refractivity contribution < 1.29 is 0 Å². The molecular weight excluding hydrogens is 293 g/mol. The highest BCUT2D eigenvalue weighted by atomic mass is 35.5. The van der Waals surface area contributed by atoms with Crippen LogP contribution >= 0.6 is 37.2 Å². The Balaban J connectivity index is 0. The van der Waals surface area contributed by atoms with E-state index in [2.05, 4.69) is 9.97 Å². The van der Waals surface area contributed by atoms with Gasteiger partial charge in [-0.1, -0.05) is 0 Å². The minimum Gasteiger partial charge on any atom is -0.324 e. The van der Waals surface area contributed by atoms with Crippen LogP contribution in [0.3, 0.4) is 0 Å². The first-order valence-corrected chi connectivity index (χ1v) is 4.90. The summed E-state index contributed by atoms with van der Waals surface area (Å²) in [5.74, 6) is 0. The fourth-order valence-electron chi connectivity index (χ4n) is 1.50. The molecule has 6 heteroatoms. The molecule has 1 unspecified atom stereocenters. The Hall–Kier alpha value is -0.870. The van der Waals surface area contributed by atoms with Gasteiger partial charge in [0.2, 0.25) is 0 Å². The average Bonchev–Trinajstić information content (AvgIpc) is 2.31. The summed E-state index contributed by atoms with van der Waals surface area (Å²) < 4.78 is 0. The van der Waals surface area contributed by atoms with Crippen LogP contribution in [0.25, 0.3) is 0 Å². The Morgan fingerprint density at radius 3 is 1.78 bits per heavy atom. The average molecular weight is 309 g/mol. The molecule has 0 radical (unpaired) electrons.